The molecule has 0 aliphatic carbocycles. The van der Waals surface area contributed by atoms with Gasteiger partial charge in [-0.2, -0.15) is 0 Å². The summed E-state index contributed by atoms with van der Waals surface area (Å²) in [6, 6.07) is 1.47. The van der Waals surface area contributed by atoms with Gasteiger partial charge in [-0.3, -0.25) is 9.36 Å². The molecule has 0 aromatic carbocycles. The van der Waals surface area contributed by atoms with Crippen LogP contribution in [0, 0.1) is 4.77 Å². The van der Waals surface area contributed by atoms with E-state index in [9.17, 15) is 4.79 Å². The zero-order valence-corrected chi connectivity index (χ0v) is 14.2. The first-order valence-electron chi connectivity index (χ1n) is 6.27. The summed E-state index contributed by atoms with van der Waals surface area (Å²) in [7, 11) is 0. The van der Waals surface area contributed by atoms with E-state index in [1.807, 2.05) is 33.8 Å². The minimum Gasteiger partial charge on any atom is -0.350 e. The molecule has 0 saturated heterocycles. The highest BCUT2D eigenvalue weighted by Gasteiger charge is 2.23. The smallest absolute Gasteiger partial charge is 0.243 e. The normalized spacial score (nSPS) is 13.4. The summed E-state index contributed by atoms with van der Waals surface area (Å²) in [5.41, 5.74) is 1.20. The number of hydrogen-bond donors (Lipinski definition) is 2. The van der Waals surface area contributed by atoms with Crippen molar-refractivity contribution in [2.75, 3.05) is 0 Å². The van der Waals surface area contributed by atoms with Gasteiger partial charge < -0.3 is 10.3 Å². The molecular formula is C13H17BrN4OS. The summed E-state index contributed by atoms with van der Waals surface area (Å²) in [4.78, 5) is 19.7. The van der Waals surface area contributed by atoms with E-state index in [0.717, 1.165) is 9.99 Å². The number of rotatable bonds is 2. The maximum atomic E-state index is 12.3. The number of nitrogens with one attached hydrogen (secondary N) is 2. The van der Waals surface area contributed by atoms with E-state index in [4.69, 9.17) is 12.2 Å². The fraction of sp³-hybridized carbons (Fsp3) is 0.462. The molecule has 0 aliphatic rings. The molecule has 5 nitrogen and oxygen atoms in total. The summed E-state index contributed by atoms with van der Waals surface area (Å²) < 4.78 is 3.08. The number of aromatic nitrogens is 3. The highest BCUT2D eigenvalue weighted by atomic mass is 79.9. The van der Waals surface area contributed by atoms with Gasteiger partial charge in [-0.05, 0) is 61.9 Å². The number of pyridine rings is 1. The molecule has 0 saturated carbocycles. The molecule has 1 unspecified atom stereocenters. The van der Waals surface area contributed by atoms with Crippen molar-refractivity contribution < 1.29 is 4.79 Å². The molecule has 1 atom stereocenters. The maximum absolute atomic E-state index is 12.3. The van der Waals surface area contributed by atoms with Crippen molar-refractivity contribution >= 4 is 45.2 Å². The Kier molecular flexibility index (Phi) is 4.02. The van der Waals surface area contributed by atoms with Crippen molar-refractivity contribution in [2.24, 2.45) is 0 Å². The van der Waals surface area contributed by atoms with E-state index >= 15 is 0 Å². The van der Waals surface area contributed by atoms with Crippen molar-refractivity contribution in [3.8, 4) is 0 Å². The number of carbonyl (C=O) groups is 1. The van der Waals surface area contributed by atoms with Crippen LogP contribution in [0.1, 0.15) is 33.7 Å². The van der Waals surface area contributed by atoms with Crippen molar-refractivity contribution in [1.29, 1.82) is 0 Å². The van der Waals surface area contributed by atoms with Crippen LogP contribution in [0.25, 0.3) is 11.2 Å². The minimum absolute atomic E-state index is 0.0841. The Bertz CT molecular complexity index is 713. The minimum atomic E-state index is -0.427. The van der Waals surface area contributed by atoms with Gasteiger partial charge in [-0.1, -0.05) is 0 Å². The Morgan fingerprint density at radius 3 is 2.80 bits per heavy atom. The van der Waals surface area contributed by atoms with Gasteiger partial charge in [0.1, 0.15) is 6.04 Å². The molecular weight excluding hydrogens is 340 g/mol. The molecule has 7 heteroatoms. The fourth-order valence-electron chi connectivity index (χ4n) is 1.94. The monoisotopic (exact) mass is 356 g/mol. The summed E-state index contributed by atoms with van der Waals surface area (Å²) >= 11 is 8.67. The van der Waals surface area contributed by atoms with Gasteiger partial charge in [0.15, 0.2) is 10.4 Å². The summed E-state index contributed by atoms with van der Waals surface area (Å²) in [6.45, 7) is 7.65. The van der Waals surface area contributed by atoms with Crippen molar-refractivity contribution in [1.82, 2.24) is 19.9 Å². The van der Waals surface area contributed by atoms with Gasteiger partial charge in [0.2, 0.25) is 5.91 Å². The first kappa shape index (κ1) is 15.2. The number of amides is 1. The van der Waals surface area contributed by atoms with Crippen LogP contribution < -0.4 is 5.32 Å². The highest BCUT2D eigenvalue weighted by molar-refractivity contribution is 9.10. The fourth-order valence-corrected chi connectivity index (χ4v) is 2.62. The SMILES string of the molecule is CC(C(=O)NC(C)(C)C)n1c(=S)[nH]c2cc(Br)cnc21. The Hall–Kier alpha value is -1.21. The molecule has 2 N–H and O–H groups in total. The van der Waals surface area contributed by atoms with Crippen LogP contribution in [-0.4, -0.2) is 26.0 Å². The number of carbonyl (C=O) groups excluding carboxylic acids is 1. The van der Waals surface area contributed by atoms with E-state index in [1.165, 1.54) is 0 Å². The highest BCUT2D eigenvalue weighted by Crippen LogP contribution is 2.21. The predicted octanol–water partition coefficient (Wildman–Crippen LogP) is 3.33. The van der Waals surface area contributed by atoms with Crippen LogP contribution in [-0.2, 0) is 4.79 Å². The number of aromatic amines is 1. The molecule has 2 heterocycles. The van der Waals surface area contributed by atoms with E-state index in [2.05, 4.69) is 31.2 Å². The van der Waals surface area contributed by atoms with Gasteiger partial charge in [0, 0.05) is 16.2 Å². The molecule has 20 heavy (non-hydrogen) atoms. The number of hydrogen-bond acceptors (Lipinski definition) is 3. The maximum Gasteiger partial charge on any atom is 0.243 e. The van der Waals surface area contributed by atoms with Crippen LogP contribution in [0.4, 0.5) is 0 Å². The lowest BCUT2D eigenvalue weighted by Crippen LogP contribution is -2.43. The summed E-state index contributed by atoms with van der Waals surface area (Å²) in [6.07, 6.45) is 1.69. The first-order chi connectivity index (χ1) is 9.19. The number of halogens is 1. The molecule has 1 amide bonds. The number of imidazole rings is 1. The average molecular weight is 357 g/mol. The number of nitrogens with zero attached hydrogens (tertiary/aromatic N) is 2. The molecule has 2 aromatic heterocycles. The lowest BCUT2D eigenvalue weighted by atomic mass is 10.1. The second kappa shape index (κ2) is 5.29. The van der Waals surface area contributed by atoms with Gasteiger partial charge in [0.05, 0.1) is 5.52 Å². The standard InChI is InChI=1S/C13H17BrN4OS/c1-7(11(19)17-13(2,3)4)18-10-9(16-12(18)20)5-8(14)6-15-10/h5-7H,1-4H3,(H,16,20)(H,17,19). The third-order valence-corrected chi connectivity index (χ3v) is 3.52. The lowest BCUT2D eigenvalue weighted by molar-refractivity contribution is -0.125. The van der Waals surface area contributed by atoms with E-state index in [1.54, 1.807) is 10.8 Å². The zero-order valence-electron chi connectivity index (χ0n) is 11.8. The molecule has 0 spiro atoms. The summed E-state index contributed by atoms with van der Waals surface area (Å²) in [5.74, 6) is -0.0841. The average Bonchev–Trinajstić information content (AvgIpc) is 2.60. The molecule has 0 radical (unpaired) electrons. The van der Waals surface area contributed by atoms with Gasteiger partial charge in [-0.25, -0.2) is 4.98 Å². The van der Waals surface area contributed by atoms with Crippen molar-refractivity contribution in [3.05, 3.63) is 21.5 Å². The van der Waals surface area contributed by atoms with E-state index < -0.39 is 6.04 Å². The van der Waals surface area contributed by atoms with Gasteiger partial charge >= 0.3 is 0 Å². The summed E-state index contributed by atoms with van der Waals surface area (Å²) in [5, 5.41) is 2.95. The second-order valence-electron chi connectivity index (χ2n) is 5.74. The third-order valence-electron chi connectivity index (χ3n) is 2.79. The van der Waals surface area contributed by atoms with Crippen molar-refractivity contribution in [2.45, 2.75) is 39.3 Å². The largest absolute Gasteiger partial charge is 0.350 e. The Balaban J connectivity index is 2.45. The van der Waals surface area contributed by atoms with Crippen LogP contribution in [0.5, 0.6) is 0 Å². The quantitative estimate of drug-likeness (QED) is 0.811. The Morgan fingerprint density at radius 1 is 1.55 bits per heavy atom. The molecule has 0 bridgehead atoms. The van der Waals surface area contributed by atoms with Crippen LogP contribution in [0.3, 0.4) is 0 Å². The second-order valence-corrected chi connectivity index (χ2v) is 7.04. The lowest BCUT2D eigenvalue weighted by Gasteiger charge is -2.23. The van der Waals surface area contributed by atoms with E-state index in [0.29, 0.717) is 10.4 Å². The molecule has 108 valence electrons. The predicted molar refractivity (Wildman–Crippen MR) is 85.2 cm³/mol. The first-order valence-corrected chi connectivity index (χ1v) is 7.47. The zero-order chi connectivity index (χ0) is 15.1. The topological polar surface area (TPSA) is 62.7 Å². The molecule has 0 aliphatic heterocycles. The van der Waals surface area contributed by atoms with Gasteiger partial charge in [-0.15, -0.1) is 0 Å². The van der Waals surface area contributed by atoms with Gasteiger partial charge in [0.25, 0.3) is 0 Å². The Labute approximate surface area is 130 Å². The van der Waals surface area contributed by atoms with Crippen molar-refractivity contribution in [3.63, 3.8) is 0 Å². The Morgan fingerprint density at radius 2 is 2.20 bits per heavy atom. The third kappa shape index (κ3) is 3.09. The van der Waals surface area contributed by atoms with Crippen LogP contribution in [0.2, 0.25) is 0 Å². The molecule has 0 fully saturated rings. The van der Waals surface area contributed by atoms with E-state index in [-0.39, 0.29) is 11.4 Å². The molecule has 2 aromatic rings. The van der Waals surface area contributed by atoms with Crippen LogP contribution in [0.15, 0.2) is 16.7 Å². The van der Waals surface area contributed by atoms with Crippen LogP contribution >= 0.6 is 28.1 Å². The number of H-pyrrole nitrogens is 1. The molecule has 2 rings (SSSR count). The number of fused-ring (bicyclic) bond motifs is 1.